The second kappa shape index (κ2) is 6.01. The molecule has 16 heavy (non-hydrogen) atoms. The predicted octanol–water partition coefficient (Wildman–Crippen LogP) is 1.54. The van der Waals surface area contributed by atoms with Crippen molar-refractivity contribution >= 4 is 0 Å². The highest BCUT2D eigenvalue weighted by molar-refractivity contribution is 4.92. The Labute approximate surface area is 97.7 Å². The Bertz CT molecular complexity index is 307. The molecule has 1 rings (SSSR count). The van der Waals surface area contributed by atoms with Crippen molar-refractivity contribution in [3.05, 3.63) is 18.2 Å². The van der Waals surface area contributed by atoms with E-state index in [0.717, 1.165) is 25.2 Å². The third-order valence-electron chi connectivity index (χ3n) is 2.82. The van der Waals surface area contributed by atoms with Gasteiger partial charge in [0.15, 0.2) is 0 Å². The second-order valence-corrected chi connectivity index (χ2v) is 4.49. The molecule has 4 nitrogen and oxygen atoms in total. The molecule has 0 saturated heterocycles. The molecule has 0 radical (unpaired) electrons. The minimum Gasteiger partial charge on any atom is -0.389 e. The lowest BCUT2D eigenvalue weighted by Crippen LogP contribution is -2.37. The maximum absolute atomic E-state index is 9.83. The fourth-order valence-corrected chi connectivity index (χ4v) is 1.52. The largest absolute Gasteiger partial charge is 0.389 e. The van der Waals surface area contributed by atoms with Crippen LogP contribution in [0.2, 0.25) is 0 Å². The molecular formula is C12H23N3O. The lowest BCUT2D eigenvalue weighted by atomic mass is 10.0. The summed E-state index contributed by atoms with van der Waals surface area (Å²) < 4.78 is 2.15. The molecule has 1 unspecified atom stereocenters. The summed E-state index contributed by atoms with van der Waals surface area (Å²) in [5.74, 6) is 1.04. The molecule has 92 valence electrons. The fraction of sp³-hybridized carbons (Fsp3) is 0.750. The van der Waals surface area contributed by atoms with E-state index in [1.165, 1.54) is 0 Å². The molecule has 1 atom stereocenters. The Kier molecular flexibility index (Phi) is 4.96. The highest BCUT2D eigenvalue weighted by Crippen LogP contribution is 2.06. The Morgan fingerprint density at radius 2 is 2.25 bits per heavy atom. The Hall–Kier alpha value is -0.870. The van der Waals surface area contributed by atoms with Crippen LogP contribution >= 0.6 is 0 Å². The monoisotopic (exact) mass is 225 g/mol. The first-order chi connectivity index (χ1) is 7.59. The van der Waals surface area contributed by atoms with Crippen molar-refractivity contribution in [2.45, 2.75) is 52.3 Å². The Morgan fingerprint density at radius 3 is 2.88 bits per heavy atom. The maximum Gasteiger partial charge on any atom is 0.122 e. The molecule has 0 amide bonds. The number of imidazole rings is 1. The summed E-state index contributed by atoms with van der Waals surface area (Å²) in [6, 6.07) is 0. The second-order valence-electron chi connectivity index (χ2n) is 4.49. The number of rotatable bonds is 7. The summed E-state index contributed by atoms with van der Waals surface area (Å²) in [7, 11) is 0. The lowest BCUT2D eigenvalue weighted by Gasteiger charge is -2.21. The van der Waals surface area contributed by atoms with E-state index >= 15 is 0 Å². The van der Waals surface area contributed by atoms with Crippen LogP contribution in [0.5, 0.6) is 0 Å². The van der Waals surface area contributed by atoms with Gasteiger partial charge < -0.3 is 15.0 Å². The average molecular weight is 225 g/mol. The van der Waals surface area contributed by atoms with Gasteiger partial charge in [-0.05, 0) is 19.8 Å². The van der Waals surface area contributed by atoms with E-state index in [4.69, 9.17) is 0 Å². The predicted molar refractivity (Wildman–Crippen MR) is 65.1 cm³/mol. The van der Waals surface area contributed by atoms with Gasteiger partial charge in [-0.25, -0.2) is 4.98 Å². The van der Waals surface area contributed by atoms with Crippen molar-refractivity contribution in [1.29, 1.82) is 0 Å². The van der Waals surface area contributed by atoms with E-state index in [0.29, 0.717) is 13.1 Å². The zero-order chi connectivity index (χ0) is 12.0. The summed E-state index contributed by atoms with van der Waals surface area (Å²) in [6.45, 7) is 8.30. The molecule has 1 aromatic heterocycles. The molecule has 4 heteroatoms. The van der Waals surface area contributed by atoms with Gasteiger partial charge in [0.05, 0.1) is 12.1 Å². The van der Waals surface area contributed by atoms with Gasteiger partial charge in [-0.15, -0.1) is 0 Å². The zero-order valence-corrected chi connectivity index (χ0v) is 10.5. The van der Waals surface area contributed by atoms with E-state index < -0.39 is 5.60 Å². The summed E-state index contributed by atoms with van der Waals surface area (Å²) in [5.41, 5.74) is -0.623. The lowest BCUT2D eigenvalue weighted by molar-refractivity contribution is 0.0553. The molecule has 0 bridgehead atoms. The van der Waals surface area contributed by atoms with Crippen LogP contribution in [0.25, 0.3) is 0 Å². The first kappa shape index (κ1) is 13.2. The number of nitrogens with one attached hydrogen (secondary N) is 1. The van der Waals surface area contributed by atoms with E-state index in [9.17, 15) is 5.11 Å². The molecule has 0 aliphatic carbocycles. The van der Waals surface area contributed by atoms with Crippen LogP contribution in [-0.2, 0) is 13.1 Å². The number of aryl methyl sites for hydroxylation is 1. The van der Waals surface area contributed by atoms with E-state index in [1.54, 1.807) is 0 Å². The van der Waals surface area contributed by atoms with Crippen LogP contribution in [0.1, 0.15) is 39.4 Å². The van der Waals surface area contributed by atoms with Crippen molar-refractivity contribution in [3.8, 4) is 0 Å². The molecular weight excluding hydrogens is 202 g/mol. The summed E-state index contributed by atoms with van der Waals surface area (Å²) in [4.78, 5) is 4.30. The van der Waals surface area contributed by atoms with Crippen LogP contribution in [-0.4, -0.2) is 26.8 Å². The molecule has 0 aromatic carbocycles. The normalized spacial score (nSPS) is 15.0. The van der Waals surface area contributed by atoms with Crippen LogP contribution in [0.3, 0.4) is 0 Å². The fourth-order valence-electron chi connectivity index (χ4n) is 1.52. The van der Waals surface area contributed by atoms with Crippen LogP contribution in [0.4, 0.5) is 0 Å². The minimum absolute atomic E-state index is 0.600. The van der Waals surface area contributed by atoms with Gasteiger partial charge in [0.1, 0.15) is 5.82 Å². The first-order valence-corrected chi connectivity index (χ1v) is 6.02. The minimum atomic E-state index is -0.623. The quantitative estimate of drug-likeness (QED) is 0.740. The molecule has 0 aliphatic heterocycles. The third-order valence-corrected chi connectivity index (χ3v) is 2.82. The molecule has 0 spiro atoms. The molecule has 2 N–H and O–H groups in total. The van der Waals surface area contributed by atoms with Gasteiger partial charge in [0.25, 0.3) is 0 Å². The Morgan fingerprint density at radius 1 is 1.50 bits per heavy atom. The van der Waals surface area contributed by atoms with Gasteiger partial charge >= 0.3 is 0 Å². The van der Waals surface area contributed by atoms with Crippen molar-refractivity contribution < 1.29 is 5.11 Å². The number of hydrogen-bond acceptors (Lipinski definition) is 3. The smallest absolute Gasteiger partial charge is 0.122 e. The van der Waals surface area contributed by atoms with Gasteiger partial charge in [0, 0.05) is 25.5 Å². The van der Waals surface area contributed by atoms with Crippen molar-refractivity contribution in [2.24, 2.45) is 0 Å². The van der Waals surface area contributed by atoms with E-state index in [1.807, 2.05) is 26.2 Å². The molecule has 1 heterocycles. The Balaban J connectivity index is 2.39. The SMILES string of the molecule is CCCn1ccnc1CNCC(C)(O)CC. The number of aromatic nitrogens is 2. The van der Waals surface area contributed by atoms with Gasteiger partial charge in [-0.1, -0.05) is 13.8 Å². The standard InChI is InChI=1S/C12H23N3O/c1-4-7-15-8-6-14-11(15)9-13-10-12(3,16)5-2/h6,8,13,16H,4-5,7,9-10H2,1-3H3. The average Bonchev–Trinajstić information content (AvgIpc) is 2.66. The number of hydrogen-bond donors (Lipinski definition) is 2. The van der Waals surface area contributed by atoms with Crippen molar-refractivity contribution in [2.75, 3.05) is 6.54 Å². The van der Waals surface area contributed by atoms with E-state index in [-0.39, 0.29) is 0 Å². The summed E-state index contributed by atoms with van der Waals surface area (Å²) in [5, 5.41) is 13.1. The van der Waals surface area contributed by atoms with Gasteiger partial charge in [0.2, 0.25) is 0 Å². The van der Waals surface area contributed by atoms with Crippen molar-refractivity contribution in [3.63, 3.8) is 0 Å². The zero-order valence-electron chi connectivity index (χ0n) is 10.5. The van der Waals surface area contributed by atoms with Gasteiger partial charge in [-0.2, -0.15) is 0 Å². The van der Waals surface area contributed by atoms with Crippen LogP contribution in [0.15, 0.2) is 12.4 Å². The topological polar surface area (TPSA) is 50.1 Å². The molecule has 1 aromatic rings. The summed E-state index contributed by atoms with van der Waals surface area (Å²) in [6.07, 6.45) is 5.68. The highest BCUT2D eigenvalue weighted by atomic mass is 16.3. The highest BCUT2D eigenvalue weighted by Gasteiger charge is 2.16. The van der Waals surface area contributed by atoms with Gasteiger partial charge in [-0.3, -0.25) is 0 Å². The van der Waals surface area contributed by atoms with E-state index in [2.05, 4.69) is 21.8 Å². The maximum atomic E-state index is 9.83. The molecule has 0 fully saturated rings. The summed E-state index contributed by atoms with van der Waals surface area (Å²) >= 11 is 0. The molecule has 0 saturated carbocycles. The molecule has 0 aliphatic rings. The van der Waals surface area contributed by atoms with Crippen molar-refractivity contribution in [1.82, 2.24) is 14.9 Å². The third kappa shape index (κ3) is 3.94. The number of nitrogens with zero attached hydrogens (tertiary/aromatic N) is 2. The first-order valence-electron chi connectivity index (χ1n) is 6.02. The van der Waals surface area contributed by atoms with Crippen LogP contribution in [0, 0.1) is 0 Å². The van der Waals surface area contributed by atoms with Crippen LogP contribution < -0.4 is 5.32 Å². The number of aliphatic hydroxyl groups is 1.